The molecule has 0 saturated carbocycles. The van der Waals surface area contributed by atoms with E-state index in [2.05, 4.69) is 53.9 Å². The van der Waals surface area contributed by atoms with Gasteiger partial charge >= 0.3 is 8.56 Å². The Kier molecular flexibility index (Phi) is 7.22. The first-order chi connectivity index (χ1) is 7.62. The third-order valence-electron chi connectivity index (χ3n) is 2.90. The molecule has 0 aliphatic carbocycles. The SMILES string of the molecule is CCC(C)O[Si](C)(C[Si](C)(C)C)OC(C)CC. The van der Waals surface area contributed by atoms with Crippen molar-refractivity contribution in [3.8, 4) is 0 Å². The van der Waals surface area contributed by atoms with Crippen molar-refractivity contribution < 1.29 is 8.85 Å². The van der Waals surface area contributed by atoms with Gasteiger partial charge in [0.1, 0.15) is 0 Å². The Labute approximate surface area is 110 Å². The van der Waals surface area contributed by atoms with Crippen LogP contribution in [0.15, 0.2) is 0 Å². The first-order valence-electron chi connectivity index (χ1n) is 6.97. The fourth-order valence-electron chi connectivity index (χ4n) is 2.09. The molecule has 0 N–H and O–H groups in total. The van der Waals surface area contributed by atoms with Crippen molar-refractivity contribution >= 4 is 16.6 Å². The summed E-state index contributed by atoms with van der Waals surface area (Å²) in [7, 11) is -3.13. The lowest BCUT2D eigenvalue weighted by atomic mass is 10.3. The topological polar surface area (TPSA) is 18.5 Å². The highest BCUT2D eigenvalue weighted by atomic mass is 28.4. The lowest BCUT2D eigenvalue weighted by Gasteiger charge is -2.36. The minimum Gasteiger partial charge on any atom is -0.392 e. The van der Waals surface area contributed by atoms with E-state index in [1.54, 1.807) is 0 Å². The Morgan fingerprint density at radius 1 is 0.824 bits per heavy atom. The third-order valence-corrected chi connectivity index (χ3v) is 11.5. The standard InChI is InChI=1S/C13H32O2Si2/c1-9-12(3)14-17(8,11-16(5,6)7)15-13(4)10-2/h12-13H,9-11H2,1-8H3. The van der Waals surface area contributed by atoms with E-state index in [0.717, 1.165) is 12.8 Å². The average Bonchev–Trinajstić information content (AvgIpc) is 2.13. The number of rotatable bonds is 8. The Bertz CT molecular complexity index is 202. The summed E-state index contributed by atoms with van der Waals surface area (Å²) in [5.74, 6) is 0. The zero-order chi connectivity index (χ0) is 13.7. The molecule has 2 atom stereocenters. The van der Waals surface area contributed by atoms with E-state index >= 15 is 0 Å². The van der Waals surface area contributed by atoms with E-state index in [-0.39, 0.29) is 0 Å². The van der Waals surface area contributed by atoms with Gasteiger partial charge in [-0.3, -0.25) is 0 Å². The molecule has 2 unspecified atom stereocenters. The third kappa shape index (κ3) is 8.13. The maximum atomic E-state index is 6.29. The van der Waals surface area contributed by atoms with Crippen molar-refractivity contribution in [3.05, 3.63) is 0 Å². The molecule has 0 aromatic heterocycles. The summed E-state index contributed by atoms with van der Waals surface area (Å²) in [6.07, 6.45) is 2.79. The van der Waals surface area contributed by atoms with Gasteiger partial charge in [-0.1, -0.05) is 33.5 Å². The molecule has 0 aliphatic rings. The second kappa shape index (κ2) is 7.07. The Morgan fingerprint density at radius 3 is 1.41 bits per heavy atom. The first kappa shape index (κ1) is 17.4. The zero-order valence-electron chi connectivity index (χ0n) is 13.1. The second-order valence-electron chi connectivity index (χ2n) is 6.54. The van der Waals surface area contributed by atoms with Gasteiger partial charge in [0.15, 0.2) is 0 Å². The summed E-state index contributed by atoms with van der Waals surface area (Å²) in [5, 5.41) is 0. The fourth-order valence-corrected chi connectivity index (χ4v) is 12.6. The van der Waals surface area contributed by atoms with Crippen molar-refractivity contribution in [1.82, 2.24) is 0 Å². The summed E-state index contributed by atoms with van der Waals surface area (Å²) in [4.78, 5) is 0. The molecule has 4 heteroatoms. The van der Waals surface area contributed by atoms with Crippen molar-refractivity contribution in [2.24, 2.45) is 0 Å². The van der Waals surface area contributed by atoms with Crippen LogP contribution in [-0.4, -0.2) is 28.8 Å². The van der Waals surface area contributed by atoms with Crippen LogP contribution < -0.4 is 0 Å². The summed E-state index contributed by atoms with van der Waals surface area (Å²) in [6, 6.07) is 0. The molecule has 17 heavy (non-hydrogen) atoms. The van der Waals surface area contributed by atoms with Gasteiger partial charge in [0, 0.05) is 20.3 Å². The van der Waals surface area contributed by atoms with Crippen LogP contribution in [0.3, 0.4) is 0 Å². The van der Waals surface area contributed by atoms with Crippen molar-refractivity contribution in [2.45, 2.75) is 84.6 Å². The fraction of sp³-hybridized carbons (Fsp3) is 1.00. The van der Waals surface area contributed by atoms with Crippen LogP contribution in [0, 0.1) is 0 Å². The van der Waals surface area contributed by atoms with Crippen molar-refractivity contribution in [1.29, 1.82) is 0 Å². The predicted octanol–water partition coefficient (Wildman–Crippen LogP) is 4.57. The van der Waals surface area contributed by atoms with E-state index in [1.165, 1.54) is 5.67 Å². The van der Waals surface area contributed by atoms with E-state index in [4.69, 9.17) is 8.85 Å². The molecular formula is C13H32O2Si2. The molecule has 0 spiro atoms. The molecule has 0 bridgehead atoms. The summed E-state index contributed by atoms with van der Waals surface area (Å²) >= 11 is 0. The summed E-state index contributed by atoms with van der Waals surface area (Å²) in [6.45, 7) is 18.1. The normalized spacial score (nSPS) is 19.8. The Morgan fingerprint density at radius 2 is 1.18 bits per heavy atom. The smallest absolute Gasteiger partial charge is 0.332 e. The van der Waals surface area contributed by atoms with Gasteiger partial charge in [-0.05, 0) is 38.9 Å². The maximum Gasteiger partial charge on any atom is 0.332 e. The van der Waals surface area contributed by atoms with Crippen LogP contribution in [0.1, 0.15) is 40.5 Å². The zero-order valence-corrected chi connectivity index (χ0v) is 15.1. The van der Waals surface area contributed by atoms with Gasteiger partial charge < -0.3 is 8.85 Å². The molecule has 0 aliphatic heterocycles. The average molecular weight is 277 g/mol. The largest absolute Gasteiger partial charge is 0.392 e. The minimum absolute atomic E-state index is 0.326. The number of hydrogen-bond acceptors (Lipinski definition) is 2. The van der Waals surface area contributed by atoms with Crippen LogP contribution in [0.2, 0.25) is 31.9 Å². The van der Waals surface area contributed by atoms with Gasteiger partial charge in [-0.25, -0.2) is 0 Å². The van der Waals surface area contributed by atoms with Gasteiger partial charge in [0.05, 0.1) is 0 Å². The van der Waals surface area contributed by atoms with Crippen LogP contribution in [0.4, 0.5) is 0 Å². The van der Waals surface area contributed by atoms with E-state index < -0.39 is 16.6 Å². The lowest BCUT2D eigenvalue weighted by Crippen LogP contribution is -2.49. The molecule has 0 aromatic carbocycles. The second-order valence-corrected chi connectivity index (χ2v) is 15.8. The number of hydrogen-bond donors (Lipinski definition) is 0. The quantitative estimate of drug-likeness (QED) is 0.605. The molecule has 0 rings (SSSR count). The van der Waals surface area contributed by atoms with E-state index in [1.807, 2.05) is 0 Å². The van der Waals surface area contributed by atoms with Crippen LogP contribution in [-0.2, 0) is 8.85 Å². The molecule has 0 fully saturated rings. The molecule has 104 valence electrons. The Hall–Kier alpha value is 0.354. The van der Waals surface area contributed by atoms with Crippen LogP contribution >= 0.6 is 0 Å². The van der Waals surface area contributed by atoms with Gasteiger partial charge in [-0.15, -0.1) is 0 Å². The van der Waals surface area contributed by atoms with Crippen molar-refractivity contribution in [2.75, 3.05) is 0 Å². The van der Waals surface area contributed by atoms with Gasteiger partial charge in [0.2, 0.25) is 0 Å². The monoisotopic (exact) mass is 276 g/mol. The first-order valence-corrected chi connectivity index (χ1v) is 13.2. The van der Waals surface area contributed by atoms with Gasteiger partial charge in [-0.2, -0.15) is 0 Å². The van der Waals surface area contributed by atoms with E-state index in [0.29, 0.717) is 12.2 Å². The van der Waals surface area contributed by atoms with Crippen molar-refractivity contribution in [3.63, 3.8) is 0 Å². The Balaban J connectivity index is 4.67. The van der Waals surface area contributed by atoms with Gasteiger partial charge in [0.25, 0.3) is 0 Å². The van der Waals surface area contributed by atoms with Crippen LogP contribution in [0.25, 0.3) is 0 Å². The molecule has 0 radical (unpaired) electrons. The molecule has 0 amide bonds. The molecular weight excluding hydrogens is 244 g/mol. The van der Waals surface area contributed by atoms with E-state index in [9.17, 15) is 0 Å². The molecule has 2 nitrogen and oxygen atoms in total. The highest BCUT2D eigenvalue weighted by molar-refractivity contribution is 6.90. The minimum atomic E-state index is -1.99. The summed E-state index contributed by atoms with van der Waals surface area (Å²) < 4.78 is 12.6. The molecule has 0 saturated heterocycles. The van der Waals surface area contributed by atoms with Crippen LogP contribution in [0.5, 0.6) is 0 Å². The highest BCUT2D eigenvalue weighted by Gasteiger charge is 2.39. The molecule has 0 heterocycles. The molecule has 0 aromatic rings. The maximum absolute atomic E-state index is 6.29. The highest BCUT2D eigenvalue weighted by Crippen LogP contribution is 2.25. The predicted molar refractivity (Wildman–Crippen MR) is 81.4 cm³/mol. The lowest BCUT2D eigenvalue weighted by molar-refractivity contribution is 0.0941. The summed E-state index contributed by atoms with van der Waals surface area (Å²) in [5.41, 5.74) is 1.19.